The number of rotatable bonds is 10. The van der Waals surface area contributed by atoms with Gasteiger partial charge in [0, 0.05) is 23.9 Å². The Balaban J connectivity index is 2.27. The van der Waals surface area contributed by atoms with Gasteiger partial charge in [0.15, 0.2) is 9.84 Å². The first-order valence-electron chi connectivity index (χ1n) is 10.2. The summed E-state index contributed by atoms with van der Waals surface area (Å²) in [5, 5.41) is 5.85. The summed E-state index contributed by atoms with van der Waals surface area (Å²) >= 11 is 0. The molecule has 7 heteroatoms. The van der Waals surface area contributed by atoms with Crippen molar-refractivity contribution in [1.82, 2.24) is 0 Å². The van der Waals surface area contributed by atoms with Crippen LogP contribution in [0.4, 0.5) is 11.4 Å². The Hall–Kier alpha value is -2.54. The Kier molecular flexibility index (Phi) is 8.29. The maximum atomic E-state index is 12.4. The van der Waals surface area contributed by atoms with E-state index in [1.54, 1.807) is 18.2 Å². The van der Waals surface area contributed by atoms with Gasteiger partial charge in [-0.05, 0) is 49.9 Å². The maximum Gasteiger partial charge on any atom is 0.227 e. The first kappa shape index (κ1) is 23.7. The minimum absolute atomic E-state index is 0.0303. The van der Waals surface area contributed by atoms with Crippen LogP contribution in [0.3, 0.4) is 0 Å². The monoisotopic (exact) mass is 432 g/mol. The molecule has 2 aromatic carbocycles. The van der Waals surface area contributed by atoms with Gasteiger partial charge in [-0.3, -0.25) is 4.79 Å². The van der Waals surface area contributed by atoms with Gasteiger partial charge in [-0.2, -0.15) is 0 Å². The number of sulfone groups is 1. The quantitative estimate of drug-likeness (QED) is 0.570. The van der Waals surface area contributed by atoms with Crippen molar-refractivity contribution in [3.05, 3.63) is 53.1 Å². The summed E-state index contributed by atoms with van der Waals surface area (Å²) < 4.78 is 29.2. The van der Waals surface area contributed by atoms with Crippen LogP contribution in [0.1, 0.15) is 43.4 Å². The van der Waals surface area contributed by atoms with Crippen LogP contribution in [-0.2, 0) is 21.2 Å². The molecule has 0 fully saturated rings. The fourth-order valence-electron chi connectivity index (χ4n) is 3.09. The largest absolute Gasteiger partial charge is 0.487 e. The molecule has 1 amide bonds. The summed E-state index contributed by atoms with van der Waals surface area (Å²) in [4.78, 5) is 12.4. The number of amides is 1. The van der Waals surface area contributed by atoms with Crippen molar-refractivity contribution in [3.63, 3.8) is 0 Å². The molecule has 164 valence electrons. The fraction of sp³-hybridized carbons (Fsp3) is 0.435. The van der Waals surface area contributed by atoms with Crippen LogP contribution in [0.2, 0.25) is 0 Å². The van der Waals surface area contributed by atoms with Crippen molar-refractivity contribution >= 4 is 27.1 Å². The molecule has 0 saturated heterocycles. The minimum Gasteiger partial charge on any atom is -0.487 e. The summed E-state index contributed by atoms with van der Waals surface area (Å²) in [6, 6.07) is 11.4. The number of anilines is 2. The molecule has 0 aliphatic carbocycles. The number of carbonyl (C=O) groups excluding carboxylic acids is 1. The van der Waals surface area contributed by atoms with Crippen molar-refractivity contribution in [3.8, 4) is 5.75 Å². The Morgan fingerprint density at radius 2 is 1.77 bits per heavy atom. The van der Waals surface area contributed by atoms with E-state index in [0.717, 1.165) is 29.5 Å². The van der Waals surface area contributed by atoms with Crippen molar-refractivity contribution in [2.75, 3.05) is 22.8 Å². The van der Waals surface area contributed by atoms with E-state index in [0.29, 0.717) is 23.7 Å². The first-order chi connectivity index (χ1) is 14.1. The van der Waals surface area contributed by atoms with E-state index >= 15 is 0 Å². The molecule has 0 aromatic heterocycles. The Morgan fingerprint density at radius 1 is 1.07 bits per heavy atom. The van der Waals surface area contributed by atoms with E-state index in [-0.39, 0.29) is 17.7 Å². The lowest BCUT2D eigenvalue weighted by Crippen LogP contribution is -2.21. The molecule has 0 spiro atoms. The Morgan fingerprint density at radius 3 is 2.40 bits per heavy atom. The smallest absolute Gasteiger partial charge is 0.227 e. The Labute approximate surface area is 180 Å². The zero-order valence-corrected chi connectivity index (χ0v) is 19.2. The lowest BCUT2D eigenvalue weighted by molar-refractivity contribution is -0.120. The molecule has 30 heavy (non-hydrogen) atoms. The summed E-state index contributed by atoms with van der Waals surface area (Å²) in [6.07, 6.45) is 2.71. The molecule has 0 saturated carbocycles. The van der Waals surface area contributed by atoms with Crippen LogP contribution in [0.25, 0.3) is 0 Å². The highest BCUT2D eigenvalue weighted by molar-refractivity contribution is 7.90. The predicted molar refractivity (Wildman–Crippen MR) is 123 cm³/mol. The van der Waals surface area contributed by atoms with Gasteiger partial charge in [0.1, 0.15) is 18.2 Å². The van der Waals surface area contributed by atoms with Crippen molar-refractivity contribution < 1.29 is 17.9 Å². The maximum absolute atomic E-state index is 12.4. The predicted octanol–water partition coefficient (Wildman–Crippen LogP) is 4.67. The number of hydrogen-bond acceptors (Lipinski definition) is 5. The van der Waals surface area contributed by atoms with Crippen LogP contribution in [0, 0.1) is 19.8 Å². The highest BCUT2D eigenvalue weighted by Gasteiger charge is 2.16. The topological polar surface area (TPSA) is 84.5 Å². The van der Waals surface area contributed by atoms with Crippen LogP contribution in [0.15, 0.2) is 36.4 Å². The number of hydrogen-bond donors (Lipinski definition) is 2. The second-order valence-corrected chi connectivity index (χ2v) is 9.82. The number of ether oxygens (including phenoxy) is 1. The molecule has 0 heterocycles. The first-order valence-corrected chi connectivity index (χ1v) is 12.2. The molecule has 2 N–H and O–H groups in total. The zero-order valence-electron chi connectivity index (χ0n) is 18.4. The van der Waals surface area contributed by atoms with E-state index in [1.807, 2.05) is 39.8 Å². The number of benzene rings is 2. The van der Waals surface area contributed by atoms with Crippen molar-refractivity contribution in [2.24, 2.45) is 5.92 Å². The van der Waals surface area contributed by atoms with E-state index in [9.17, 15) is 13.2 Å². The number of aryl methyl sites for hydroxylation is 2. The highest BCUT2D eigenvalue weighted by Crippen LogP contribution is 2.30. The second-order valence-electron chi connectivity index (χ2n) is 7.68. The average Bonchev–Trinajstić information content (AvgIpc) is 2.68. The molecule has 2 rings (SSSR count). The molecule has 6 nitrogen and oxygen atoms in total. The van der Waals surface area contributed by atoms with Crippen LogP contribution < -0.4 is 15.4 Å². The van der Waals surface area contributed by atoms with Gasteiger partial charge in [0.2, 0.25) is 5.91 Å². The normalized spacial score (nSPS) is 11.4. The van der Waals surface area contributed by atoms with Gasteiger partial charge < -0.3 is 15.4 Å². The van der Waals surface area contributed by atoms with Crippen molar-refractivity contribution in [2.45, 2.75) is 47.1 Å². The third kappa shape index (κ3) is 7.06. The van der Waals surface area contributed by atoms with Crippen LogP contribution in [-0.4, -0.2) is 26.5 Å². The summed E-state index contributed by atoms with van der Waals surface area (Å²) in [5.74, 6) is 0.207. The Bertz CT molecular complexity index is 983. The molecule has 0 aliphatic rings. The van der Waals surface area contributed by atoms with Crippen LogP contribution in [0.5, 0.6) is 5.75 Å². The lowest BCUT2D eigenvalue weighted by atomic mass is 10.0. The molecule has 2 aromatic rings. The number of nitrogens with one attached hydrogen (secondary N) is 2. The standard InChI is InChI=1S/C23H32N2O4S/c1-6-18(7-2)23(26)25-20-10-11-21(24-15-30(5,27)28)22(13-20)29-14-19-12-16(3)8-9-17(19)4/h8-13,18,24H,6-7,14-15H2,1-5H3,(H,25,26). The van der Waals surface area contributed by atoms with E-state index in [2.05, 4.69) is 16.7 Å². The van der Waals surface area contributed by atoms with Crippen molar-refractivity contribution in [1.29, 1.82) is 0 Å². The fourth-order valence-corrected chi connectivity index (χ4v) is 3.51. The number of carbonyl (C=O) groups is 1. The lowest BCUT2D eigenvalue weighted by Gasteiger charge is -2.17. The van der Waals surface area contributed by atoms with E-state index in [4.69, 9.17) is 4.74 Å². The molecular formula is C23H32N2O4S. The summed E-state index contributed by atoms with van der Waals surface area (Å²) in [7, 11) is -3.20. The van der Waals surface area contributed by atoms with Gasteiger partial charge in [0.25, 0.3) is 0 Å². The molecule has 0 aliphatic heterocycles. The molecule has 0 radical (unpaired) electrons. The van der Waals surface area contributed by atoms with Gasteiger partial charge >= 0.3 is 0 Å². The highest BCUT2D eigenvalue weighted by atomic mass is 32.2. The SMILES string of the molecule is CCC(CC)C(=O)Nc1ccc(NCS(C)(=O)=O)c(OCc2cc(C)ccc2C)c1. The molecule has 0 bridgehead atoms. The molecule has 0 atom stereocenters. The average molecular weight is 433 g/mol. The molecular weight excluding hydrogens is 400 g/mol. The van der Waals surface area contributed by atoms with E-state index in [1.165, 1.54) is 6.26 Å². The minimum atomic E-state index is -3.20. The van der Waals surface area contributed by atoms with E-state index < -0.39 is 9.84 Å². The van der Waals surface area contributed by atoms with Gasteiger partial charge in [0.05, 0.1) is 5.69 Å². The summed E-state index contributed by atoms with van der Waals surface area (Å²) in [6.45, 7) is 8.36. The van der Waals surface area contributed by atoms with Gasteiger partial charge in [-0.15, -0.1) is 0 Å². The van der Waals surface area contributed by atoms with Gasteiger partial charge in [-0.25, -0.2) is 8.42 Å². The third-order valence-corrected chi connectivity index (χ3v) is 5.69. The third-order valence-electron chi connectivity index (χ3n) is 5.02. The molecule has 0 unspecified atom stereocenters. The van der Waals surface area contributed by atoms with Crippen LogP contribution >= 0.6 is 0 Å². The zero-order chi connectivity index (χ0) is 22.3. The summed E-state index contributed by atoms with van der Waals surface area (Å²) in [5.41, 5.74) is 4.49. The second kappa shape index (κ2) is 10.5. The van der Waals surface area contributed by atoms with Gasteiger partial charge in [-0.1, -0.05) is 37.6 Å².